The zero-order valence-electron chi connectivity index (χ0n) is 11.9. The Kier molecular flexibility index (Phi) is 6.38. The predicted octanol–water partition coefficient (Wildman–Crippen LogP) is 3.33. The van der Waals surface area contributed by atoms with Crippen molar-refractivity contribution in [3.8, 4) is 0 Å². The number of rotatable bonds is 6. The second kappa shape index (κ2) is 8.28. The van der Waals surface area contributed by atoms with Gasteiger partial charge >= 0.3 is 12.0 Å². The highest BCUT2D eigenvalue weighted by atomic mass is 32.1. The van der Waals surface area contributed by atoms with Crippen LogP contribution in [0.3, 0.4) is 0 Å². The van der Waals surface area contributed by atoms with Crippen molar-refractivity contribution < 1.29 is 22.7 Å². The first kappa shape index (κ1) is 17.0. The molecule has 1 saturated heterocycles. The zero-order chi connectivity index (χ0) is 15.9. The molecule has 1 fully saturated rings. The topological polar surface area (TPSA) is 42.4 Å². The molecule has 0 amide bonds. The number of esters is 1. The number of aromatic nitrogens is 1. The minimum Gasteiger partial charge on any atom is -0.464 e. The van der Waals surface area contributed by atoms with Gasteiger partial charge in [0.25, 0.3) is 0 Å². The molecule has 2 heterocycles. The molecule has 8 heteroatoms. The minimum atomic E-state index is -2.36. The lowest BCUT2D eigenvalue weighted by Gasteiger charge is -2.30. The van der Waals surface area contributed by atoms with Crippen molar-refractivity contribution >= 4 is 17.3 Å². The van der Waals surface area contributed by atoms with Crippen molar-refractivity contribution in [1.82, 2.24) is 9.88 Å². The summed E-state index contributed by atoms with van der Waals surface area (Å²) in [4.78, 5) is 17.8. The molecule has 2 rings (SSSR count). The van der Waals surface area contributed by atoms with Crippen LogP contribution in [0.15, 0.2) is 23.5 Å². The second-order valence-corrected chi connectivity index (χ2v) is 5.98. The van der Waals surface area contributed by atoms with Crippen LogP contribution in [0.25, 0.3) is 0 Å². The number of likely N-dealkylation sites (tertiary alicyclic amines) is 1. The van der Waals surface area contributed by atoms with Crippen LogP contribution in [0.5, 0.6) is 0 Å². The van der Waals surface area contributed by atoms with Gasteiger partial charge in [0.15, 0.2) is 5.83 Å². The molecule has 0 aromatic carbocycles. The van der Waals surface area contributed by atoms with Crippen LogP contribution < -0.4 is 0 Å². The van der Waals surface area contributed by atoms with E-state index in [0.29, 0.717) is 5.92 Å². The molecular formula is C14H17F3N2O2S. The summed E-state index contributed by atoms with van der Waals surface area (Å²) in [7, 11) is 0. The van der Waals surface area contributed by atoms with Gasteiger partial charge in [-0.2, -0.15) is 8.78 Å². The SMILES string of the molecule is O=C(CN1CCC(c2nccs2)CC1)OCCC(F)=C(F)F. The van der Waals surface area contributed by atoms with E-state index < -0.39 is 24.3 Å². The van der Waals surface area contributed by atoms with Crippen LogP contribution in [0, 0.1) is 0 Å². The summed E-state index contributed by atoms with van der Waals surface area (Å²) in [5.41, 5.74) is 0. The van der Waals surface area contributed by atoms with Crippen molar-refractivity contribution in [2.24, 2.45) is 0 Å². The van der Waals surface area contributed by atoms with Crippen LogP contribution in [-0.2, 0) is 9.53 Å². The summed E-state index contributed by atoms with van der Waals surface area (Å²) in [5.74, 6) is -1.61. The Morgan fingerprint density at radius 2 is 2.09 bits per heavy atom. The summed E-state index contributed by atoms with van der Waals surface area (Å²) in [5, 5.41) is 3.07. The number of carbonyl (C=O) groups excluding carboxylic acids is 1. The summed E-state index contributed by atoms with van der Waals surface area (Å²) >= 11 is 1.64. The lowest BCUT2D eigenvalue weighted by Crippen LogP contribution is -2.37. The molecule has 0 radical (unpaired) electrons. The number of hydrogen-bond donors (Lipinski definition) is 0. The molecular weight excluding hydrogens is 317 g/mol. The summed E-state index contributed by atoms with van der Waals surface area (Å²) < 4.78 is 41.0. The Labute approximate surface area is 130 Å². The quantitative estimate of drug-likeness (QED) is 0.749. The van der Waals surface area contributed by atoms with Gasteiger partial charge in [-0.05, 0) is 25.9 Å². The fourth-order valence-electron chi connectivity index (χ4n) is 2.35. The zero-order valence-corrected chi connectivity index (χ0v) is 12.8. The highest BCUT2D eigenvalue weighted by Gasteiger charge is 2.23. The minimum absolute atomic E-state index is 0.105. The summed E-state index contributed by atoms with van der Waals surface area (Å²) in [6.45, 7) is 1.26. The van der Waals surface area contributed by atoms with E-state index in [1.165, 1.54) is 0 Å². The summed E-state index contributed by atoms with van der Waals surface area (Å²) in [6, 6.07) is 0. The van der Waals surface area contributed by atoms with E-state index in [2.05, 4.69) is 4.98 Å². The number of piperidine rings is 1. The van der Waals surface area contributed by atoms with Crippen LogP contribution in [-0.4, -0.2) is 42.1 Å². The Bertz CT molecular complexity index is 510. The molecule has 0 unspecified atom stereocenters. The smallest absolute Gasteiger partial charge is 0.320 e. The number of hydrogen-bond acceptors (Lipinski definition) is 5. The van der Waals surface area contributed by atoms with Crippen LogP contribution >= 0.6 is 11.3 Å². The van der Waals surface area contributed by atoms with E-state index in [4.69, 9.17) is 4.74 Å². The fraction of sp³-hybridized carbons (Fsp3) is 0.571. The molecule has 0 atom stereocenters. The first-order valence-electron chi connectivity index (χ1n) is 7.03. The van der Waals surface area contributed by atoms with E-state index in [1.807, 2.05) is 10.3 Å². The fourth-order valence-corrected chi connectivity index (χ4v) is 3.16. The van der Waals surface area contributed by atoms with Crippen LogP contribution in [0.2, 0.25) is 0 Å². The van der Waals surface area contributed by atoms with E-state index in [0.717, 1.165) is 30.9 Å². The Morgan fingerprint density at radius 3 is 2.68 bits per heavy atom. The Balaban J connectivity index is 1.65. The third-order valence-electron chi connectivity index (χ3n) is 3.53. The Morgan fingerprint density at radius 1 is 1.36 bits per heavy atom. The average Bonchev–Trinajstić information content (AvgIpc) is 3.02. The largest absolute Gasteiger partial charge is 0.464 e. The monoisotopic (exact) mass is 334 g/mol. The summed E-state index contributed by atoms with van der Waals surface area (Å²) in [6.07, 6.45) is 0.689. The van der Waals surface area contributed by atoms with Gasteiger partial charge in [0, 0.05) is 23.9 Å². The van der Waals surface area contributed by atoms with Gasteiger partial charge in [-0.15, -0.1) is 11.3 Å². The van der Waals surface area contributed by atoms with Crippen molar-refractivity contribution in [1.29, 1.82) is 0 Å². The van der Waals surface area contributed by atoms with Gasteiger partial charge in [0.05, 0.1) is 18.2 Å². The lowest BCUT2D eigenvalue weighted by molar-refractivity contribution is -0.145. The molecule has 1 aromatic heterocycles. The van der Waals surface area contributed by atoms with Crippen molar-refractivity contribution in [2.45, 2.75) is 25.2 Å². The van der Waals surface area contributed by atoms with Gasteiger partial charge in [-0.25, -0.2) is 9.37 Å². The van der Waals surface area contributed by atoms with Crippen molar-refractivity contribution in [2.75, 3.05) is 26.2 Å². The van der Waals surface area contributed by atoms with Gasteiger partial charge in [0.1, 0.15) is 0 Å². The molecule has 22 heavy (non-hydrogen) atoms. The molecule has 1 aromatic rings. The van der Waals surface area contributed by atoms with Gasteiger partial charge in [-0.3, -0.25) is 9.69 Å². The standard InChI is InChI=1S/C14H17F3N2O2S/c15-11(13(16)17)3-7-21-12(20)9-19-5-1-10(2-6-19)14-18-4-8-22-14/h4,8,10H,1-3,5-7,9H2. The van der Waals surface area contributed by atoms with Crippen molar-refractivity contribution in [3.05, 3.63) is 28.5 Å². The number of nitrogens with zero attached hydrogens (tertiary/aromatic N) is 2. The van der Waals surface area contributed by atoms with E-state index in [9.17, 15) is 18.0 Å². The molecule has 0 N–H and O–H groups in total. The maximum atomic E-state index is 12.5. The maximum absolute atomic E-state index is 12.5. The third kappa shape index (κ3) is 5.10. The highest BCUT2D eigenvalue weighted by molar-refractivity contribution is 7.09. The molecule has 4 nitrogen and oxygen atoms in total. The van der Waals surface area contributed by atoms with E-state index >= 15 is 0 Å². The first-order chi connectivity index (χ1) is 10.6. The molecule has 0 aliphatic carbocycles. The number of carbonyl (C=O) groups is 1. The molecule has 0 spiro atoms. The van der Waals surface area contributed by atoms with E-state index in [1.54, 1.807) is 17.5 Å². The van der Waals surface area contributed by atoms with Gasteiger partial charge in [-0.1, -0.05) is 0 Å². The molecule has 1 aliphatic heterocycles. The number of halogens is 3. The average molecular weight is 334 g/mol. The van der Waals surface area contributed by atoms with Gasteiger partial charge < -0.3 is 4.74 Å². The second-order valence-electron chi connectivity index (χ2n) is 5.06. The highest BCUT2D eigenvalue weighted by Crippen LogP contribution is 2.29. The van der Waals surface area contributed by atoms with E-state index in [-0.39, 0.29) is 13.2 Å². The normalized spacial score (nSPS) is 16.5. The Hall–Kier alpha value is -1.41. The predicted molar refractivity (Wildman–Crippen MR) is 76.5 cm³/mol. The van der Waals surface area contributed by atoms with Crippen molar-refractivity contribution in [3.63, 3.8) is 0 Å². The maximum Gasteiger partial charge on any atom is 0.320 e. The van der Waals surface area contributed by atoms with Crippen LogP contribution in [0.1, 0.15) is 30.2 Å². The third-order valence-corrected chi connectivity index (χ3v) is 4.47. The molecule has 0 bridgehead atoms. The molecule has 122 valence electrons. The number of ether oxygens (including phenoxy) is 1. The lowest BCUT2D eigenvalue weighted by atomic mass is 9.98. The van der Waals surface area contributed by atoms with Crippen LogP contribution in [0.4, 0.5) is 13.2 Å². The molecule has 0 saturated carbocycles. The van der Waals surface area contributed by atoms with Gasteiger partial charge in [0.2, 0.25) is 0 Å². The molecule has 1 aliphatic rings. The first-order valence-corrected chi connectivity index (χ1v) is 7.91. The number of thiazole rings is 1.